The Morgan fingerprint density at radius 2 is 2.26 bits per heavy atom. The Hall–Kier alpha value is -2.41. The van der Waals surface area contributed by atoms with Gasteiger partial charge in [-0.1, -0.05) is 0 Å². The van der Waals surface area contributed by atoms with Crippen LogP contribution in [0.3, 0.4) is 0 Å². The number of anilines is 1. The number of aromatic nitrogens is 2. The van der Waals surface area contributed by atoms with Gasteiger partial charge in [0.1, 0.15) is 11.8 Å². The number of nitrogen functional groups attached to an aromatic ring is 1. The van der Waals surface area contributed by atoms with Crippen molar-refractivity contribution in [1.29, 1.82) is 0 Å². The number of nitrogens with one attached hydrogen (secondary N) is 2. The molecule has 1 amide bonds. The number of carbonyl (C=O) groups excluding carboxylic acids is 1. The van der Waals surface area contributed by atoms with Gasteiger partial charge in [-0.3, -0.25) is 15.6 Å². The van der Waals surface area contributed by atoms with E-state index in [4.69, 9.17) is 10.3 Å². The van der Waals surface area contributed by atoms with Crippen molar-refractivity contribution in [2.75, 3.05) is 5.43 Å². The lowest BCUT2D eigenvalue weighted by atomic mass is 10.2. The number of rotatable bonds is 4. The summed E-state index contributed by atoms with van der Waals surface area (Å²) in [6.07, 6.45) is 4.61. The van der Waals surface area contributed by atoms with Crippen LogP contribution in [0.15, 0.2) is 29.1 Å². The molecular weight excluding hydrogens is 246 g/mol. The number of hydrogen-bond acceptors (Lipinski definition) is 6. The third-order valence-electron chi connectivity index (χ3n) is 2.58. The second kappa shape index (κ2) is 5.49. The Labute approximate surface area is 110 Å². The van der Waals surface area contributed by atoms with E-state index in [0.29, 0.717) is 22.9 Å². The van der Waals surface area contributed by atoms with Crippen molar-refractivity contribution < 1.29 is 9.21 Å². The van der Waals surface area contributed by atoms with Crippen LogP contribution in [0.1, 0.15) is 35.0 Å². The van der Waals surface area contributed by atoms with Crippen LogP contribution in [0.5, 0.6) is 0 Å². The summed E-state index contributed by atoms with van der Waals surface area (Å²) in [7, 11) is 0. The van der Waals surface area contributed by atoms with Crippen LogP contribution in [0, 0.1) is 6.92 Å². The number of pyridine rings is 1. The van der Waals surface area contributed by atoms with E-state index in [2.05, 4.69) is 20.7 Å². The lowest BCUT2D eigenvalue weighted by Crippen LogP contribution is -2.28. The summed E-state index contributed by atoms with van der Waals surface area (Å²) in [5.74, 6) is 6.21. The highest BCUT2D eigenvalue weighted by molar-refractivity contribution is 5.99. The van der Waals surface area contributed by atoms with Crippen LogP contribution >= 0.6 is 0 Å². The van der Waals surface area contributed by atoms with Gasteiger partial charge in [0, 0.05) is 6.20 Å². The molecule has 1 atom stereocenters. The van der Waals surface area contributed by atoms with Gasteiger partial charge in [-0.25, -0.2) is 4.98 Å². The molecule has 0 aliphatic heterocycles. The first-order valence-corrected chi connectivity index (χ1v) is 5.75. The number of hydrogen-bond donors (Lipinski definition) is 3. The third kappa shape index (κ3) is 2.89. The van der Waals surface area contributed by atoms with E-state index >= 15 is 0 Å². The summed E-state index contributed by atoms with van der Waals surface area (Å²) >= 11 is 0. The summed E-state index contributed by atoms with van der Waals surface area (Å²) in [5.41, 5.74) is 3.30. The van der Waals surface area contributed by atoms with Crippen LogP contribution in [0.4, 0.5) is 5.69 Å². The maximum atomic E-state index is 12.1. The molecule has 7 nitrogen and oxygen atoms in total. The first-order valence-electron chi connectivity index (χ1n) is 5.75. The van der Waals surface area contributed by atoms with Crippen LogP contribution in [0.25, 0.3) is 0 Å². The maximum absolute atomic E-state index is 12.1. The molecule has 2 heterocycles. The number of hydrazine groups is 1. The van der Waals surface area contributed by atoms with Crippen LogP contribution in [-0.4, -0.2) is 15.9 Å². The molecule has 100 valence electrons. The zero-order valence-electron chi connectivity index (χ0n) is 10.7. The lowest BCUT2D eigenvalue weighted by molar-refractivity contribution is 0.0934. The first-order chi connectivity index (χ1) is 9.11. The molecule has 2 aromatic rings. The summed E-state index contributed by atoms with van der Waals surface area (Å²) in [4.78, 5) is 20.1. The molecule has 0 aromatic carbocycles. The highest BCUT2D eigenvalue weighted by atomic mass is 16.4. The minimum Gasteiger partial charge on any atom is -0.444 e. The largest absolute Gasteiger partial charge is 0.444 e. The van der Waals surface area contributed by atoms with Crippen molar-refractivity contribution in [3.05, 3.63) is 41.9 Å². The second-order valence-corrected chi connectivity index (χ2v) is 4.07. The van der Waals surface area contributed by atoms with Gasteiger partial charge in [-0.05, 0) is 19.9 Å². The summed E-state index contributed by atoms with van der Waals surface area (Å²) in [5, 5.41) is 2.78. The molecule has 19 heavy (non-hydrogen) atoms. The van der Waals surface area contributed by atoms with Crippen molar-refractivity contribution in [2.24, 2.45) is 5.84 Å². The van der Waals surface area contributed by atoms with E-state index in [-0.39, 0.29) is 11.9 Å². The van der Waals surface area contributed by atoms with Gasteiger partial charge in [-0.15, -0.1) is 0 Å². The summed E-state index contributed by atoms with van der Waals surface area (Å²) in [6.45, 7) is 3.59. The average molecular weight is 261 g/mol. The molecule has 0 bridgehead atoms. The van der Waals surface area contributed by atoms with Gasteiger partial charge in [0.15, 0.2) is 0 Å². The topological polar surface area (TPSA) is 106 Å². The normalized spacial score (nSPS) is 11.9. The number of nitrogens with zero attached hydrogens (tertiary/aromatic N) is 2. The molecule has 0 fully saturated rings. The predicted octanol–water partition coefficient (Wildman–Crippen LogP) is 1.15. The Morgan fingerprint density at radius 3 is 2.89 bits per heavy atom. The SMILES string of the molecule is Cc1cnc(C(C)NC(=O)c2ccncc2NN)o1. The molecule has 1 unspecified atom stereocenters. The highest BCUT2D eigenvalue weighted by Crippen LogP contribution is 2.16. The van der Waals surface area contributed by atoms with E-state index in [0.717, 1.165) is 0 Å². The van der Waals surface area contributed by atoms with Crippen molar-refractivity contribution in [3.8, 4) is 0 Å². The van der Waals surface area contributed by atoms with E-state index in [9.17, 15) is 4.79 Å². The summed E-state index contributed by atoms with van der Waals surface area (Å²) in [6, 6.07) is 1.25. The molecule has 0 aliphatic rings. The molecule has 0 aliphatic carbocycles. The Bertz CT molecular complexity index is 581. The molecule has 7 heteroatoms. The van der Waals surface area contributed by atoms with Crippen molar-refractivity contribution >= 4 is 11.6 Å². The molecule has 2 rings (SSSR count). The zero-order valence-corrected chi connectivity index (χ0v) is 10.7. The molecule has 0 saturated carbocycles. The molecular formula is C12H15N5O2. The minimum atomic E-state index is -0.333. The van der Waals surface area contributed by atoms with Crippen LogP contribution < -0.4 is 16.6 Å². The molecule has 2 aromatic heterocycles. The third-order valence-corrected chi connectivity index (χ3v) is 2.58. The van der Waals surface area contributed by atoms with Crippen molar-refractivity contribution in [2.45, 2.75) is 19.9 Å². The number of aryl methyl sites for hydroxylation is 1. The van der Waals surface area contributed by atoms with Gasteiger partial charge in [0.2, 0.25) is 5.89 Å². The fraction of sp³-hybridized carbons (Fsp3) is 0.250. The van der Waals surface area contributed by atoms with E-state index in [1.165, 1.54) is 12.4 Å². The number of carbonyl (C=O) groups is 1. The molecule has 0 spiro atoms. The smallest absolute Gasteiger partial charge is 0.254 e. The Morgan fingerprint density at radius 1 is 1.47 bits per heavy atom. The maximum Gasteiger partial charge on any atom is 0.254 e. The van der Waals surface area contributed by atoms with Gasteiger partial charge >= 0.3 is 0 Å². The van der Waals surface area contributed by atoms with E-state index < -0.39 is 0 Å². The van der Waals surface area contributed by atoms with Gasteiger partial charge < -0.3 is 15.2 Å². The fourth-order valence-corrected chi connectivity index (χ4v) is 1.62. The van der Waals surface area contributed by atoms with Crippen molar-refractivity contribution in [3.63, 3.8) is 0 Å². The number of nitrogens with two attached hydrogens (primary N) is 1. The fourth-order valence-electron chi connectivity index (χ4n) is 1.62. The predicted molar refractivity (Wildman–Crippen MR) is 69.2 cm³/mol. The Balaban J connectivity index is 2.12. The lowest BCUT2D eigenvalue weighted by Gasteiger charge is -2.12. The first kappa shape index (κ1) is 13.0. The van der Waals surface area contributed by atoms with Gasteiger partial charge in [0.05, 0.1) is 23.6 Å². The summed E-state index contributed by atoms with van der Waals surface area (Å²) < 4.78 is 5.36. The average Bonchev–Trinajstić information content (AvgIpc) is 2.85. The number of oxazole rings is 1. The van der Waals surface area contributed by atoms with Crippen LogP contribution in [0.2, 0.25) is 0 Å². The monoisotopic (exact) mass is 261 g/mol. The molecule has 4 N–H and O–H groups in total. The van der Waals surface area contributed by atoms with Gasteiger partial charge in [0.25, 0.3) is 5.91 Å². The van der Waals surface area contributed by atoms with Crippen molar-refractivity contribution in [1.82, 2.24) is 15.3 Å². The molecule has 0 saturated heterocycles. The quantitative estimate of drug-likeness (QED) is 0.563. The van der Waals surface area contributed by atoms with Gasteiger partial charge in [-0.2, -0.15) is 0 Å². The second-order valence-electron chi connectivity index (χ2n) is 4.07. The van der Waals surface area contributed by atoms with E-state index in [1.807, 2.05) is 0 Å². The highest BCUT2D eigenvalue weighted by Gasteiger charge is 2.17. The zero-order chi connectivity index (χ0) is 13.8. The van der Waals surface area contributed by atoms with E-state index in [1.54, 1.807) is 26.1 Å². The molecule has 0 radical (unpaired) electrons. The Kier molecular flexibility index (Phi) is 3.76. The number of amides is 1. The van der Waals surface area contributed by atoms with Crippen LogP contribution in [-0.2, 0) is 0 Å². The minimum absolute atomic E-state index is 0.279. The standard InChI is InChI=1S/C12H15N5O2/c1-7-5-15-12(19-7)8(2)16-11(18)9-3-4-14-6-10(9)17-13/h3-6,8,17H,13H2,1-2H3,(H,16,18).